The van der Waals surface area contributed by atoms with Crippen LogP contribution >= 0.6 is 0 Å². The van der Waals surface area contributed by atoms with Crippen LogP contribution in [0.15, 0.2) is 0 Å². The molecule has 0 spiro atoms. The number of hydrogen-bond donors (Lipinski definition) is 1. The third-order valence-electron chi connectivity index (χ3n) is 4.63. The van der Waals surface area contributed by atoms with Gasteiger partial charge in [-0.25, -0.2) is 0 Å². The van der Waals surface area contributed by atoms with E-state index in [-0.39, 0.29) is 11.8 Å². The minimum atomic E-state index is 0.210. The SMILES string of the molecule is O=C1CCC(N2CCCC3C(=O)NCC32)CC1. The summed E-state index contributed by atoms with van der Waals surface area (Å²) in [5.41, 5.74) is 0. The number of carbonyl (C=O) groups excluding carboxylic acids is 2. The van der Waals surface area contributed by atoms with E-state index in [1.165, 1.54) is 0 Å². The van der Waals surface area contributed by atoms with Gasteiger partial charge in [-0.2, -0.15) is 0 Å². The quantitative estimate of drug-likeness (QED) is 0.729. The van der Waals surface area contributed by atoms with Crippen molar-refractivity contribution >= 4 is 11.7 Å². The average molecular weight is 236 g/mol. The number of Topliss-reactive ketones (excluding diaryl/α,β-unsaturated/α-hetero) is 1. The lowest BCUT2D eigenvalue weighted by Gasteiger charge is -2.42. The zero-order chi connectivity index (χ0) is 11.8. The molecular weight excluding hydrogens is 216 g/mol. The van der Waals surface area contributed by atoms with Crippen molar-refractivity contribution < 1.29 is 9.59 Å². The number of carbonyl (C=O) groups is 2. The number of ketones is 1. The first-order valence-electron chi connectivity index (χ1n) is 6.81. The van der Waals surface area contributed by atoms with Gasteiger partial charge in [0, 0.05) is 31.5 Å². The van der Waals surface area contributed by atoms with Crippen LogP contribution in [0.3, 0.4) is 0 Å². The minimum absolute atomic E-state index is 0.210. The van der Waals surface area contributed by atoms with E-state index in [4.69, 9.17) is 0 Å². The molecule has 0 aromatic heterocycles. The van der Waals surface area contributed by atoms with Crippen molar-refractivity contribution in [2.75, 3.05) is 13.1 Å². The van der Waals surface area contributed by atoms with Gasteiger partial charge in [0.25, 0.3) is 0 Å². The van der Waals surface area contributed by atoms with E-state index in [2.05, 4.69) is 10.2 Å². The molecule has 2 heterocycles. The van der Waals surface area contributed by atoms with Crippen molar-refractivity contribution in [3.05, 3.63) is 0 Å². The number of piperidine rings is 1. The largest absolute Gasteiger partial charge is 0.354 e. The maximum Gasteiger partial charge on any atom is 0.224 e. The second kappa shape index (κ2) is 4.41. The fourth-order valence-electron chi connectivity index (χ4n) is 3.69. The van der Waals surface area contributed by atoms with Crippen LogP contribution in [0.25, 0.3) is 0 Å². The van der Waals surface area contributed by atoms with Gasteiger partial charge in [0.05, 0.1) is 5.92 Å². The molecule has 0 bridgehead atoms. The topological polar surface area (TPSA) is 49.4 Å². The number of nitrogens with zero attached hydrogens (tertiary/aromatic N) is 1. The molecule has 1 N–H and O–H groups in total. The van der Waals surface area contributed by atoms with Crippen molar-refractivity contribution in [1.82, 2.24) is 10.2 Å². The van der Waals surface area contributed by atoms with Gasteiger partial charge in [-0.3, -0.25) is 14.5 Å². The fourth-order valence-corrected chi connectivity index (χ4v) is 3.69. The van der Waals surface area contributed by atoms with Crippen LogP contribution in [0.2, 0.25) is 0 Å². The Morgan fingerprint density at radius 2 is 1.88 bits per heavy atom. The normalized spacial score (nSPS) is 35.8. The third kappa shape index (κ3) is 1.99. The molecule has 2 saturated heterocycles. The second-order valence-electron chi connectivity index (χ2n) is 5.57. The van der Waals surface area contributed by atoms with Crippen molar-refractivity contribution in [3.8, 4) is 0 Å². The smallest absolute Gasteiger partial charge is 0.224 e. The van der Waals surface area contributed by atoms with Gasteiger partial charge in [-0.1, -0.05) is 0 Å². The monoisotopic (exact) mass is 236 g/mol. The van der Waals surface area contributed by atoms with Gasteiger partial charge < -0.3 is 5.32 Å². The molecule has 17 heavy (non-hydrogen) atoms. The molecule has 4 heteroatoms. The Morgan fingerprint density at radius 1 is 1.12 bits per heavy atom. The van der Waals surface area contributed by atoms with Crippen LogP contribution < -0.4 is 5.32 Å². The van der Waals surface area contributed by atoms with Gasteiger partial charge in [0.1, 0.15) is 5.78 Å². The van der Waals surface area contributed by atoms with Gasteiger partial charge in [-0.05, 0) is 32.2 Å². The lowest BCUT2D eigenvalue weighted by Crippen LogP contribution is -2.51. The highest BCUT2D eigenvalue weighted by Crippen LogP contribution is 2.32. The number of amides is 1. The van der Waals surface area contributed by atoms with Crippen molar-refractivity contribution in [3.63, 3.8) is 0 Å². The number of likely N-dealkylation sites (tertiary alicyclic amines) is 1. The molecule has 4 nitrogen and oxygen atoms in total. The summed E-state index contributed by atoms with van der Waals surface area (Å²) < 4.78 is 0. The van der Waals surface area contributed by atoms with Crippen LogP contribution in [0.1, 0.15) is 38.5 Å². The summed E-state index contributed by atoms with van der Waals surface area (Å²) in [6.45, 7) is 1.92. The Kier molecular flexibility index (Phi) is 2.90. The van der Waals surface area contributed by atoms with Crippen molar-refractivity contribution in [2.45, 2.75) is 50.6 Å². The van der Waals surface area contributed by atoms with E-state index < -0.39 is 0 Å². The maximum atomic E-state index is 11.7. The average Bonchev–Trinajstić information content (AvgIpc) is 2.73. The number of nitrogens with one attached hydrogen (secondary N) is 1. The Labute approximate surface area is 102 Å². The predicted octanol–water partition coefficient (Wildman–Crippen LogP) is 0.708. The van der Waals surface area contributed by atoms with E-state index in [1.54, 1.807) is 0 Å². The molecule has 2 atom stereocenters. The summed E-state index contributed by atoms with van der Waals surface area (Å²) in [6, 6.07) is 0.933. The Hall–Kier alpha value is -0.900. The lowest BCUT2D eigenvalue weighted by atomic mass is 9.86. The van der Waals surface area contributed by atoms with E-state index in [0.717, 1.165) is 51.6 Å². The Bertz CT molecular complexity index is 332. The predicted molar refractivity (Wildman–Crippen MR) is 63.5 cm³/mol. The molecule has 94 valence electrons. The maximum absolute atomic E-state index is 11.7. The number of fused-ring (bicyclic) bond motifs is 1. The number of hydrogen-bond acceptors (Lipinski definition) is 3. The van der Waals surface area contributed by atoms with Crippen LogP contribution in [0.4, 0.5) is 0 Å². The molecule has 3 fully saturated rings. The summed E-state index contributed by atoms with van der Waals surface area (Å²) in [4.78, 5) is 25.5. The summed E-state index contributed by atoms with van der Waals surface area (Å²) >= 11 is 0. The molecule has 0 radical (unpaired) electrons. The minimum Gasteiger partial charge on any atom is -0.354 e. The molecule has 2 aliphatic heterocycles. The molecular formula is C13H20N2O2. The van der Waals surface area contributed by atoms with E-state index in [9.17, 15) is 9.59 Å². The van der Waals surface area contributed by atoms with E-state index in [0.29, 0.717) is 17.9 Å². The van der Waals surface area contributed by atoms with Crippen LogP contribution in [-0.2, 0) is 9.59 Å². The van der Waals surface area contributed by atoms with Crippen LogP contribution in [-0.4, -0.2) is 41.8 Å². The third-order valence-corrected chi connectivity index (χ3v) is 4.63. The summed E-state index contributed by atoms with van der Waals surface area (Å²) in [7, 11) is 0. The molecule has 1 amide bonds. The first-order chi connectivity index (χ1) is 8.25. The van der Waals surface area contributed by atoms with Gasteiger partial charge in [0.15, 0.2) is 0 Å². The van der Waals surface area contributed by atoms with Crippen LogP contribution in [0, 0.1) is 5.92 Å². The molecule has 3 aliphatic rings. The fraction of sp³-hybridized carbons (Fsp3) is 0.846. The Balaban J connectivity index is 1.70. The van der Waals surface area contributed by atoms with Gasteiger partial charge in [0.2, 0.25) is 5.91 Å². The van der Waals surface area contributed by atoms with E-state index in [1.807, 2.05) is 0 Å². The lowest BCUT2D eigenvalue weighted by molar-refractivity contribution is -0.126. The zero-order valence-electron chi connectivity index (χ0n) is 10.2. The van der Waals surface area contributed by atoms with Crippen LogP contribution in [0.5, 0.6) is 0 Å². The molecule has 2 unspecified atom stereocenters. The highest BCUT2D eigenvalue weighted by molar-refractivity contribution is 5.82. The molecule has 1 aliphatic carbocycles. The van der Waals surface area contributed by atoms with Crippen molar-refractivity contribution in [1.29, 1.82) is 0 Å². The molecule has 1 saturated carbocycles. The van der Waals surface area contributed by atoms with Gasteiger partial charge in [-0.15, -0.1) is 0 Å². The standard InChI is InChI=1S/C13H20N2O2/c16-10-5-3-9(4-6-10)15-7-1-2-11-12(15)8-14-13(11)17/h9,11-12H,1-8H2,(H,14,17). The Morgan fingerprint density at radius 3 is 2.65 bits per heavy atom. The summed E-state index contributed by atoms with van der Waals surface area (Å²) in [6.07, 6.45) is 5.63. The first-order valence-corrected chi connectivity index (χ1v) is 6.81. The van der Waals surface area contributed by atoms with Crippen molar-refractivity contribution in [2.24, 2.45) is 5.92 Å². The summed E-state index contributed by atoms with van der Waals surface area (Å²) in [5, 5.41) is 2.99. The number of rotatable bonds is 1. The summed E-state index contributed by atoms with van der Waals surface area (Å²) in [5.74, 6) is 0.864. The highest BCUT2D eigenvalue weighted by atomic mass is 16.2. The zero-order valence-corrected chi connectivity index (χ0v) is 10.2. The second-order valence-corrected chi connectivity index (χ2v) is 5.57. The van der Waals surface area contributed by atoms with Gasteiger partial charge >= 0.3 is 0 Å². The van der Waals surface area contributed by atoms with E-state index >= 15 is 0 Å². The molecule has 0 aromatic rings. The highest BCUT2D eigenvalue weighted by Gasteiger charge is 2.43. The molecule has 3 rings (SSSR count). The first kappa shape index (κ1) is 11.2. The molecule has 0 aromatic carbocycles.